The van der Waals surface area contributed by atoms with E-state index in [1.807, 2.05) is 6.92 Å². The Morgan fingerprint density at radius 1 is 1.09 bits per heavy atom. The van der Waals surface area contributed by atoms with Gasteiger partial charge in [-0.05, 0) is 79.8 Å². The molecule has 0 saturated carbocycles. The molecule has 0 unspecified atom stereocenters. The van der Waals surface area contributed by atoms with Crippen molar-refractivity contribution in [3.63, 3.8) is 0 Å². The summed E-state index contributed by atoms with van der Waals surface area (Å²) in [5.74, 6) is 0.205. The maximum Gasteiger partial charge on any atom is 0.283 e. The molecule has 3 heterocycles. The van der Waals surface area contributed by atoms with Gasteiger partial charge in [-0.25, -0.2) is 0 Å². The molecule has 1 N–H and O–H groups in total. The highest BCUT2D eigenvalue weighted by molar-refractivity contribution is 8.26. The minimum Gasteiger partial charge on any atom is -0.318 e. The number of aliphatic imine (C=N–C) groups is 1. The van der Waals surface area contributed by atoms with Crippen LogP contribution in [0, 0.1) is 19.3 Å². The molecule has 0 atom stereocenters. The van der Waals surface area contributed by atoms with Gasteiger partial charge in [-0.1, -0.05) is 58.6 Å². The van der Waals surface area contributed by atoms with E-state index in [0.717, 1.165) is 40.5 Å². The van der Waals surface area contributed by atoms with Gasteiger partial charge in [0.1, 0.15) is 5.04 Å². The topological polar surface area (TPSA) is 73.8 Å². The van der Waals surface area contributed by atoms with E-state index >= 15 is 0 Å². The lowest BCUT2D eigenvalue weighted by atomic mass is 10.0. The average Bonchev–Trinajstić information content (AvgIpc) is 3.36. The first kappa shape index (κ1) is 25.2. The van der Waals surface area contributed by atoms with Crippen molar-refractivity contribution in [2.24, 2.45) is 10.1 Å². The second-order valence-corrected chi connectivity index (χ2v) is 10.6. The molecule has 7 heteroatoms. The Hall–Kier alpha value is -2.93. The van der Waals surface area contributed by atoms with E-state index in [4.69, 9.17) is 5.41 Å². The SMILES string of the molecule is CCCCCCCC1=NN2C(=N)C(=Cc3cc(C)n(-c4ccc(C(C)C)cc4)c3C)C(=O)N=C2S1. The van der Waals surface area contributed by atoms with Crippen LogP contribution < -0.4 is 0 Å². The highest BCUT2D eigenvalue weighted by Crippen LogP contribution is 2.31. The van der Waals surface area contributed by atoms with Crippen LogP contribution in [0.4, 0.5) is 0 Å². The minimum atomic E-state index is -0.376. The first-order valence-corrected chi connectivity index (χ1v) is 13.4. The van der Waals surface area contributed by atoms with Crippen LogP contribution in [0.15, 0.2) is 46.0 Å². The molecule has 35 heavy (non-hydrogen) atoms. The van der Waals surface area contributed by atoms with Crippen LogP contribution in [0.1, 0.15) is 87.7 Å². The van der Waals surface area contributed by atoms with E-state index in [1.165, 1.54) is 48.0 Å². The Bertz CT molecular complexity index is 1220. The van der Waals surface area contributed by atoms with Gasteiger partial charge in [0, 0.05) is 17.1 Å². The Labute approximate surface area is 212 Å². The van der Waals surface area contributed by atoms with E-state index in [2.05, 4.69) is 72.7 Å². The van der Waals surface area contributed by atoms with Crippen molar-refractivity contribution in [1.82, 2.24) is 9.58 Å². The van der Waals surface area contributed by atoms with Crippen LogP contribution in [-0.2, 0) is 4.79 Å². The Kier molecular flexibility index (Phi) is 7.75. The number of aryl methyl sites for hydroxylation is 1. The number of hydrogen-bond acceptors (Lipinski definition) is 4. The molecule has 0 spiro atoms. The normalized spacial score (nSPS) is 16.9. The molecular weight excluding hydrogens is 454 g/mol. The molecule has 0 saturated heterocycles. The third-order valence-corrected chi connectivity index (χ3v) is 7.55. The van der Waals surface area contributed by atoms with Gasteiger partial charge in [-0.3, -0.25) is 10.2 Å². The molecule has 2 aliphatic heterocycles. The quantitative estimate of drug-likeness (QED) is 0.299. The molecule has 2 aliphatic rings. The van der Waals surface area contributed by atoms with E-state index in [9.17, 15) is 4.79 Å². The van der Waals surface area contributed by atoms with Crippen molar-refractivity contribution in [2.45, 2.75) is 79.1 Å². The van der Waals surface area contributed by atoms with Crippen LogP contribution in [0.2, 0.25) is 0 Å². The maximum absolute atomic E-state index is 12.9. The smallest absolute Gasteiger partial charge is 0.283 e. The summed E-state index contributed by atoms with van der Waals surface area (Å²) >= 11 is 1.42. The van der Waals surface area contributed by atoms with E-state index in [1.54, 1.807) is 6.08 Å². The fraction of sp³-hybridized carbons (Fsp3) is 0.429. The number of amides is 1. The van der Waals surface area contributed by atoms with Crippen molar-refractivity contribution < 1.29 is 4.79 Å². The van der Waals surface area contributed by atoms with Crippen LogP contribution >= 0.6 is 11.8 Å². The highest BCUT2D eigenvalue weighted by Gasteiger charge is 2.35. The van der Waals surface area contributed by atoms with Gasteiger partial charge < -0.3 is 4.57 Å². The number of amidine groups is 2. The van der Waals surface area contributed by atoms with Crippen molar-refractivity contribution in [3.8, 4) is 5.69 Å². The zero-order valence-electron chi connectivity index (χ0n) is 21.4. The molecule has 2 aromatic rings. The summed E-state index contributed by atoms with van der Waals surface area (Å²) in [7, 11) is 0. The van der Waals surface area contributed by atoms with Gasteiger partial charge in [-0.15, -0.1) is 0 Å². The summed E-state index contributed by atoms with van der Waals surface area (Å²) in [4.78, 5) is 17.1. The van der Waals surface area contributed by atoms with Gasteiger partial charge in [0.25, 0.3) is 5.91 Å². The number of carbonyl (C=O) groups excluding carboxylic acids is 1. The van der Waals surface area contributed by atoms with Crippen LogP contribution in [-0.4, -0.2) is 31.5 Å². The number of fused-ring (bicyclic) bond motifs is 1. The van der Waals surface area contributed by atoms with Gasteiger partial charge in [0.15, 0.2) is 5.84 Å². The number of thioether (sulfide) groups is 1. The van der Waals surface area contributed by atoms with Crippen molar-refractivity contribution in [1.29, 1.82) is 5.41 Å². The number of hydrazone groups is 1. The Morgan fingerprint density at radius 2 is 1.80 bits per heavy atom. The Morgan fingerprint density at radius 3 is 2.49 bits per heavy atom. The van der Waals surface area contributed by atoms with E-state index in [-0.39, 0.29) is 17.3 Å². The standard InChI is InChI=1S/C28H35N5OS/c1-6-7-8-9-10-11-25-31-33-26(29)24(27(34)30-28(33)35-25)17-22-16-19(4)32(20(22)5)23-14-12-21(13-15-23)18(2)3/h12-18,29H,6-11H2,1-5H3. The average molecular weight is 490 g/mol. The lowest BCUT2D eigenvalue weighted by molar-refractivity contribution is -0.114. The van der Waals surface area contributed by atoms with Gasteiger partial charge >= 0.3 is 0 Å². The molecule has 1 aromatic heterocycles. The minimum absolute atomic E-state index is 0.0968. The number of carbonyl (C=O) groups is 1. The van der Waals surface area contributed by atoms with Crippen molar-refractivity contribution in [3.05, 3.63) is 58.4 Å². The number of benzene rings is 1. The predicted molar refractivity (Wildman–Crippen MR) is 148 cm³/mol. The first-order valence-electron chi connectivity index (χ1n) is 12.6. The molecule has 184 valence electrons. The second kappa shape index (κ2) is 10.8. The highest BCUT2D eigenvalue weighted by atomic mass is 32.2. The zero-order valence-corrected chi connectivity index (χ0v) is 22.2. The van der Waals surface area contributed by atoms with Gasteiger partial charge in [-0.2, -0.15) is 15.1 Å². The summed E-state index contributed by atoms with van der Waals surface area (Å²) in [6, 6.07) is 10.7. The number of rotatable bonds is 9. The molecular formula is C28H35N5OS. The molecule has 0 fully saturated rings. The summed E-state index contributed by atoms with van der Waals surface area (Å²) in [5.41, 5.74) is 5.67. The van der Waals surface area contributed by atoms with Gasteiger partial charge in [0.2, 0.25) is 5.17 Å². The van der Waals surface area contributed by atoms with Gasteiger partial charge in [0.05, 0.1) is 5.57 Å². The second-order valence-electron chi connectivity index (χ2n) is 9.59. The molecule has 0 bridgehead atoms. The molecule has 6 nitrogen and oxygen atoms in total. The van der Waals surface area contributed by atoms with Crippen LogP contribution in [0.3, 0.4) is 0 Å². The molecule has 4 rings (SSSR count). The predicted octanol–water partition coefficient (Wildman–Crippen LogP) is 7.20. The number of hydrogen-bond donors (Lipinski definition) is 1. The van der Waals surface area contributed by atoms with E-state index in [0.29, 0.717) is 11.1 Å². The van der Waals surface area contributed by atoms with Crippen molar-refractivity contribution in [2.75, 3.05) is 0 Å². The zero-order chi connectivity index (χ0) is 25.1. The van der Waals surface area contributed by atoms with E-state index < -0.39 is 0 Å². The molecule has 1 amide bonds. The maximum atomic E-state index is 12.9. The lowest BCUT2D eigenvalue weighted by Crippen LogP contribution is -2.35. The monoisotopic (exact) mass is 489 g/mol. The fourth-order valence-electron chi connectivity index (χ4n) is 4.51. The molecule has 0 radical (unpaired) electrons. The summed E-state index contributed by atoms with van der Waals surface area (Å²) in [6.45, 7) is 10.7. The fourth-order valence-corrected chi connectivity index (χ4v) is 5.43. The third kappa shape index (κ3) is 5.35. The molecule has 0 aliphatic carbocycles. The summed E-state index contributed by atoms with van der Waals surface area (Å²) < 4.78 is 2.18. The number of nitrogens with one attached hydrogen (secondary N) is 1. The largest absolute Gasteiger partial charge is 0.318 e. The summed E-state index contributed by atoms with van der Waals surface area (Å²) in [6.07, 6.45) is 8.62. The first-order chi connectivity index (χ1) is 16.8. The number of unbranched alkanes of at least 4 members (excludes halogenated alkanes) is 4. The lowest BCUT2D eigenvalue weighted by Gasteiger charge is -2.20. The Balaban J connectivity index is 1.55. The van der Waals surface area contributed by atoms with Crippen LogP contribution in [0.25, 0.3) is 11.8 Å². The van der Waals surface area contributed by atoms with Crippen LogP contribution in [0.5, 0.6) is 0 Å². The number of aromatic nitrogens is 1. The number of nitrogens with zero attached hydrogens (tertiary/aromatic N) is 4. The third-order valence-electron chi connectivity index (χ3n) is 6.58. The van der Waals surface area contributed by atoms with Crippen molar-refractivity contribution >= 4 is 39.8 Å². The summed E-state index contributed by atoms with van der Waals surface area (Å²) in [5, 5.41) is 16.3. The molecule has 1 aromatic carbocycles.